The second-order valence-electron chi connectivity index (χ2n) is 7.66. The summed E-state index contributed by atoms with van der Waals surface area (Å²) in [6.45, 7) is 0. The molecule has 4 aromatic heterocycles. The van der Waals surface area contributed by atoms with Crippen molar-refractivity contribution in [1.29, 1.82) is 0 Å². The molecule has 29 heavy (non-hydrogen) atoms. The zero-order chi connectivity index (χ0) is 19.5. The van der Waals surface area contributed by atoms with Gasteiger partial charge in [0.25, 0.3) is 0 Å². The molecule has 2 N–H and O–H groups in total. The van der Waals surface area contributed by atoms with Crippen molar-refractivity contribution in [2.75, 3.05) is 5.32 Å². The molecule has 146 valence electrons. The molecule has 4 heterocycles. The molecule has 1 fully saturated rings. The predicted octanol–water partition coefficient (Wildman–Crippen LogP) is 5.22. The molecular weight excluding hydrogens is 360 g/mol. The highest BCUT2D eigenvalue weighted by molar-refractivity contribution is 5.94. The highest BCUT2D eigenvalue weighted by atomic mass is 15.1. The Hall–Kier alpha value is -3.28. The number of fused-ring (bicyclic) bond motifs is 1. The van der Waals surface area contributed by atoms with E-state index < -0.39 is 0 Å². The molecule has 0 atom stereocenters. The second kappa shape index (κ2) is 7.99. The fraction of sp³-hybridized carbons (Fsp3) is 0.304. The smallest absolute Gasteiger partial charge is 0.223 e. The average molecular weight is 384 g/mol. The molecule has 1 aliphatic rings. The third-order valence-corrected chi connectivity index (χ3v) is 5.65. The summed E-state index contributed by atoms with van der Waals surface area (Å²) in [7, 11) is 0. The summed E-state index contributed by atoms with van der Waals surface area (Å²) < 4.78 is 0. The molecule has 0 amide bonds. The molecule has 0 bridgehead atoms. The van der Waals surface area contributed by atoms with Gasteiger partial charge >= 0.3 is 0 Å². The van der Waals surface area contributed by atoms with Gasteiger partial charge in [-0.2, -0.15) is 0 Å². The molecular formula is C23H24N6. The van der Waals surface area contributed by atoms with E-state index >= 15 is 0 Å². The number of nitrogens with one attached hydrogen (secondary N) is 2. The first-order valence-corrected chi connectivity index (χ1v) is 10.3. The number of H-pyrrole nitrogens is 1. The molecule has 6 heteroatoms. The predicted molar refractivity (Wildman–Crippen MR) is 115 cm³/mol. The fourth-order valence-electron chi connectivity index (χ4n) is 4.09. The minimum atomic E-state index is 0.467. The van der Waals surface area contributed by atoms with Crippen LogP contribution in [-0.2, 0) is 0 Å². The summed E-state index contributed by atoms with van der Waals surface area (Å²) in [5.41, 5.74) is 4.87. The maximum absolute atomic E-state index is 4.81. The highest BCUT2D eigenvalue weighted by Gasteiger charge is 2.15. The molecule has 0 unspecified atom stereocenters. The van der Waals surface area contributed by atoms with Gasteiger partial charge in [-0.25, -0.2) is 15.0 Å². The van der Waals surface area contributed by atoms with E-state index in [1.165, 1.54) is 38.5 Å². The van der Waals surface area contributed by atoms with Crippen LogP contribution in [0.1, 0.15) is 38.5 Å². The Morgan fingerprint density at radius 1 is 0.931 bits per heavy atom. The SMILES string of the molecule is c1cncc(-c2cnc3[nH]cc(-c4ccnc(NC5CCCCCC5)n4)c3c2)c1. The minimum Gasteiger partial charge on any atom is -0.351 e. The van der Waals surface area contributed by atoms with Gasteiger partial charge in [0.05, 0.1) is 5.69 Å². The number of pyridine rings is 2. The summed E-state index contributed by atoms with van der Waals surface area (Å²) in [6, 6.07) is 8.55. The summed E-state index contributed by atoms with van der Waals surface area (Å²) in [5, 5.41) is 4.60. The quantitative estimate of drug-likeness (QED) is 0.472. The van der Waals surface area contributed by atoms with Gasteiger partial charge in [-0.1, -0.05) is 31.7 Å². The normalized spacial score (nSPS) is 15.3. The molecule has 6 nitrogen and oxygen atoms in total. The number of rotatable bonds is 4. The van der Waals surface area contributed by atoms with Crippen molar-refractivity contribution in [2.45, 2.75) is 44.6 Å². The van der Waals surface area contributed by atoms with E-state index in [9.17, 15) is 0 Å². The minimum absolute atomic E-state index is 0.467. The Morgan fingerprint density at radius 2 is 1.83 bits per heavy atom. The van der Waals surface area contributed by atoms with Crippen LogP contribution < -0.4 is 5.32 Å². The zero-order valence-electron chi connectivity index (χ0n) is 16.3. The largest absolute Gasteiger partial charge is 0.351 e. The molecule has 4 aromatic rings. The lowest BCUT2D eigenvalue weighted by Gasteiger charge is -2.16. The van der Waals surface area contributed by atoms with Crippen molar-refractivity contribution >= 4 is 17.0 Å². The van der Waals surface area contributed by atoms with E-state index in [1.807, 2.05) is 43.0 Å². The van der Waals surface area contributed by atoms with Crippen LogP contribution in [-0.4, -0.2) is 31.0 Å². The first-order valence-electron chi connectivity index (χ1n) is 10.3. The van der Waals surface area contributed by atoms with Crippen molar-refractivity contribution in [3.63, 3.8) is 0 Å². The van der Waals surface area contributed by atoms with E-state index in [-0.39, 0.29) is 0 Å². The van der Waals surface area contributed by atoms with Crippen LogP contribution in [0.5, 0.6) is 0 Å². The van der Waals surface area contributed by atoms with Crippen LogP contribution in [0.15, 0.2) is 55.2 Å². The number of hydrogen-bond donors (Lipinski definition) is 2. The Morgan fingerprint density at radius 3 is 2.66 bits per heavy atom. The summed E-state index contributed by atoms with van der Waals surface area (Å²) >= 11 is 0. The Kier molecular flexibility index (Phi) is 4.90. The van der Waals surface area contributed by atoms with Crippen molar-refractivity contribution in [3.05, 3.63) is 55.2 Å². The second-order valence-corrected chi connectivity index (χ2v) is 7.66. The van der Waals surface area contributed by atoms with Crippen LogP contribution in [0.4, 0.5) is 5.95 Å². The molecule has 0 aromatic carbocycles. The zero-order valence-corrected chi connectivity index (χ0v) is 16.3. The Bertz CT molecular complexity index is 1100. The van der Waals surface area contributed by atoms with Crippen LogP contribution in [0.25, 0.3) is 33.4 Å². The van der Waals surface area contributed by atoms with Crippen LogP contribution in [0.3, 0.4) is 0 Å². The molecule has 1 aliphatic carbocycles. The van der Waals surface area contributed by atoms with E-state index in [2.05, 4.69) is 31.3 Å². The summed E-state index contributed by atoms with van der Waals surface area (Å²) in [5.74, 6) is 0.708. The van der Waals surface area contributed by atoms with E-state index in [0.717, 1.165) is 33.4 Å². The maximum atomic E-state index is 4.81. The molecule has 1 saturated carbocycles. The molecule has 5 rings (SSSR count). The molecule has 0 aliphatic heterocycles. The van der Waals surface area contributed by atoms with E-state index in [4.69, 9.17) is 4.98 Å². The van der Waals surface area contributed by atoms with Crippen LogP contribution in [0, 0.1) is 0 Å². The van der Waals surface area contributed by atoms with Crippen molar-refractivity contribution in [3.8, 4) is 22.4 Å². The summed E-state index contributed by atoms with van der Waals surface area (Å²) in [6.07, 6.45) is 16.9. The monoisotopic (exact) mass is 384 g/mol. The highest BCUT2D eigenvalue weighted by Crippen LogP contribution is 2.30. The first kappa shape index (κ1) is 17.8. The Balaban J connectivity index is 1.47. The van der Waals surface area contributed by atoms with Crippen molar-refractivity contribution in [2.24, 2.45) is 0 Å². The number of anilines is 1. The van der Waals surface area contributed by atoms with Crippen molar-refractivity contribution < 1.29 is 0 Å². The first-order chi connectivity index (χ1) is 14.4. The van der Waals surface area contributed by atoms with Gasteiger partial charge in [-0.3, -0.25) is 4.98 Å². The number of aromatic amines is 1. The third kappa shape index (κ3) is 3.83. The van der Waals surface area contributed by atoms with Gasteiger partial charge in [-0.15, -0.1) is 0 Å². The standard InChI is InChI=1S/C23H24N6/c1-2-4-8-18(7-3-1)28-23-25-11-9-21(29-23)20-15-27-22-19(20)12-17(14-26-22)16-6-5-10-24-13-16/h5-6,9-15,18H,1-4,7-8H2,(H,26,27)(H,25,28,29). The van der Waals surface area contributed by atoms with Gasteiger partial charge in [0.1, 0.15) is 5.65 Å². The van der Waals surface area contributed by atoms with Gasteiger partial charge in [0.15, 0.2) is 0 Å². The van der Waals surface area contributed by atoms with Crippen LogP contribution >= 0.6 is 0 Å². The molecule has 0 saturated heterocycles. The number of nitrogens with zero attached hydrogens (tertiary/aromatic N) is 4. The maximum Gasteiger partial charge on any atom is 0.223 e. The van der Waals surface area contributed by atoms with Gasteiger partial charge in [-0.05, 0) is 31.0 Å². The number of hydrogen-bond acceptors (Lipinski definition) is 5. The van der Waals surface area contributed by atoms with Gasteiger partial charge in [0.2, 0.25) is 5.95 Å². The Labute approximate surface area is 169 Å². The van der Waals surface area contributed by atoms with Crippen molar-refractivity contribution in [1.82, 2.24) is 24.9 Å². The lowest BCUT2D eigenvalue weighted by atomic mass is 10.1. The lowest BCUT2D eigenvalue weighted by molar-refractivity contribution is 0.615. The van der Waals surface area contributed by atoms with E-state index in [0.29, 0.717) is 12.0 Å². The lowest BCUT2D eigenvalue weighted by Crippen LogP contribution is -2.19. The van der Waals surface area contributed by atoms with E-state index in [1.54, 1.807) is 6.20 Å². The van der Waals surface area contributed by atoms with Crippen LogP contribution in [0.2, 0.25) is 0 Å². The molecule has 0 radical (unpaired) electrons. The topological polar surface area (TPSA) is 79.4 Å². The summed E-state index contributed by atoms with van der Waals surface area (Å²) in [4.78, 5) is 21.3. The third-order valence-electron chi connectivity index (χ3n) is 5.65. The van der Waals surface area contributed by atoms with Gasteiger partial charge in [0, 0.05) is 59.1 Å². The van der Waals surface area contributed by atoms with Gasteiger partial charge < -0.3 is 10.3 Å². The fourth-order valence-corrected chi connectivity index (χ4v) is 4.09. The number of aromatic nitrogens is 5. The average Bonchev–Trinajstić information content (AvgIpc) is 3.03. The molecule has 0 spiro atoms.